The van der Waals surface area contributed by atoms with Gasteiger partial charge in [-0.15, -0.1) is 0 Å². The number of ether oxygens (including phenoxy) is 1. The summed E-state index contributed by atoms with van der Waals surface area (Å²) in [5, 5.41) is 10.6. The van der Waals surface area contributed by atoms with Gasteiger partial charge in [0.1, 0.15) is 6.10 Å². The van der Waals surface area contributed by atoms with Crippen LogP contribution in [0.15, 0.2) is 15.8 Å². The summed E-state index contributed by atoms with van der Waals surface area (Å²) < 4.78 is 15.0. The van der Waals surface area contributed by atoms with E-state index >= 15 is 0 Å². The molecular weight excluding hydrogens is 376 g/mol. The molecule has 2 rings (SSSR count). The molecule has 1 aliphatic rings. The fourth-order valence-electron chi connectivity index (χ4n) is 4.86. The smallest absolute Gasteiger partial charge is 0.330 e. The quantitative estimate of drug-likeness (QED) is 0.696. The average Bonchev–Trinajstić information content (AvgIpc) is 2.96. The van der Waals surface area contributed by atoms with Gasteiger partial charge in [-0.05, 0) is 16.6 Å². The maximum Gasteiger partial charge on any atom is 0.330 e. The molecule has 0 radical (unpaired) electrons. The van der Waals surface area contributed by atoms with E-state index in [0.717, 1.165) is 4.57 Å². The molecule has 0 aliphatic carbocycles. The highest BCUT2D eigenvalue weighted by atomic mass is 28.4. The molecule has 3 atom stereocenters. The van der Waals surface area contributed by atoms with E-state index in [2.05, 4.69) is 41.5 Å². The maximum atomic E-state index is 12.5. The van der Waals surface area contributed by atoms with Crippen molar-refractivity contribution in [2.75, 3.05) is 6.61 Å². The Labute approximate surface area is 168 Å². The molecule has 1 aliphatic heterocycles. The molecule has 0 bridgehead atoms. The molecule has 0 amide bonds. The number of aromatic nitrogens is 2. The Kier molecular flexibility index (Phi) is 7.12. The van der Waals surface area contributed by atoms with Crippen LogP contribution in [0.5, 0.6) is 0 Å². The average molecular weight is 413 g/mol. The highest BCUT2D eigenvalue weighted by Crippen LogP contribution is 2.43. The predicted octanol–water partition coefficient (Wildman–Crippen LogP) is 2.47. The largest absolute Gasteiger partial charge is 0.413 e. The zero-order chi connectivity index (χ0) is 21.4. The van der Waals surface area contributed by atoms with Gasteiger partial charge in [0.15, 0.2) is 8.32 Å². The monoisotopic (exact) mass is 412 g/mol. The highest BCUT2D eigenvalue weighted by Gasteiger charge is 2.46. The van der Waals surface area contributed by atoms with Gasteiger partial charge in [0.2, 0.25) is 0 Å². The molecular formula is C20H36N2O5Si. The van der Waals surface area contributed by atoms with Gasteiger partial charge in [0.05, 0.1) is 24.4 Å². The molecule has 28 heavy (non-hydrogen) atoms. The van der Waals surface area contributed by atoms with Gasteiger partial charge in [-0.2, -0.15) is 0 Å². The summed E-state index contributed by atoms with van der Waals surface area (Å²) in [6.07, 6.45) is 0.115. The molecule has 1 aromatic rings. The van der Waals surface area contributed by atoms with Crippen molar-refractivity contribution >= 4 is 8.32 Å². The fourth-order valence-corrected chi connectivity index (χ4v) is 10.3. The molecule has 0 saturated carbocycles. The number of rotatable bonds is 7. The fraction of sp³-hybridized carbons (Fsp3) is 0.800. The molecule has 1 fully saturated rings. The van der Waals surface area contributed by atoms with E-state index in [4.69, 9.17) is 9.16 Å². The summed E-state index contributed by atoms with van der Waals surface area (Å²) in [4.78, 5) is 24.4. The lowest BCUT2D eigenvalue weighted by atomic mass is 10.1. The number of aliphatic hydroxyl groups excluding tert-OH is 1. The minimum absolute atomic E-state index is 0.320. The lowest BCUT2D eigenvalue weighted by Gasteiger charge is -2.42. The van der Waals surface area contributed by atoms with E-state index in [0.29, 0.717) is 35.2 Å². The van der Waals surface area contributed by atoms with Crippen molar-refractivity contribution in [1.29, 1.82) is 0 Å². The highest BCUT2D eigenvalue weighted by molar-refractivity contribution is 6.77. The van der Waals surface area contributed by atoms with Crippen LogP contribution in [-0.4, -0.2) is 41.4 Å². The first kappa shape index (κ1) is 23.1. The topological polar surface area (TPSA) is 82.7 Å². The zero-order valence-electron chi connectivity index (χ0n) is 18.4. The van der Waals surface area contributed by atoms with E-state index in [1.807, 2.05) is 0 Å². The molecule has 1 N–H and O–H groups in total. The number of nitrogens with zero attached hydrogens (tertiary/aromatic N) is 2. The maximum absolute atomic E-state index is 12.5. The van der Waals surface area contributed by atoms with Crippen LogP contribution in [0.2, 0.25) is 16.6 Å². The third-order valence-corrected chi connectivity index (χ3v) is 12.3. The van der Waals surface area contributed by atoms with Crippen LogP contribution in [0.3, 0.4) is 0 Å². The Bertz CT molecular complexity index is 777. The van der Waals surface area contributed by atoms with Gasteiger partial charge in [-0.3, -0.25) is 9.36 Å². The van der Waals surface area contributed by atoms with E-state index in [-0.39, 0.29) is 11.2 Å². The molecule has 8 heteroatoms. The van der Waals surface area contributed by atoms with E-state index in [1.165, 1.54) is 17.8 Å². The first-order chi connectivity index (χ1) is 12.9. The summed E-state index contributed by atoms with van der Waals surface area (Å²) in [6.45, 7) is 13.6. The third-order valence-electron chi connectivity index (χ3n) is 6.25. The first-order valence-electron chi connectivity index (χ1n) is 10.2. The Hall–Kier alpha value is -1.22. The van der Waals surface area contributed by atoms with Crippen molar-refractivity contribution in [3.63, 3.8) is 0 Å². The van der Waals surface area contributed by atoms with Gasteiger partial charge < -0.3 is 18.8 Å². The van der Waals surface area contributed by atoms with Crippen molar-refractivity contribution < 1.29 is 14.3 Å². The molecule has 0 aromatic carbocycles. The van der Waals surface area contributed by atoms with Gasteiger partial charge in [-0.1, -0.05) is 41.5 Å². The van der Waals surface area contributed by atoms with Crippen LogP contribution in [0.1, 0.15) is 59.6 Å². The van der Waals surface area contributed by atoms with Crippen LogP contribution in [0, 0.1) is 0 Å². The van der Waals surface area contributed by atoms with Crippen molar-refractivity contribution in [1.82, 2.24) is 9.13 Å². The van der Waals surface area contributed by atoms with Crippen molar-refractivity contribution in [2.24, 2.45) is 14.1 Å². The molecule has 0 spiro atoms. The summed E-state index contributed by atoms with van der Waals surface area (Å²) in [7, 11) is 0.990. The van der Waals surface area contributed by atoms with Gasteiger partial charge >= 0.3 is 5.69 Å². The molecule has 7 nitrogen and oxygen atoms in total. The third kappa shape index (κ3) is 4.05. The number of hydrogen-bond donors (Lipinski definition) is 1. The minimum atomic E-state index is -2.06. The summed E-state index contributed by atoms with van der Waals surface area (Å²) in [5.74, 6) is 0. The Morgan fingerprint density at radius 2 is 1.68 bits per heavy atom. The Morgan fingerprint density at radius 1 is 1.14 bits per heavy atom. The Morgan fingerprint density at radius 3 is 2.18 bits per heavy atom. The van der Waals surface area contributed by atoms with E-state index in [9.17, 15) is 14.7 Å². The standard InChI is InChI=1S/C20H36N2O5Si/c1-12(2)28(13(3)4,14(5)6)26-11-18-16(23)9-17(27-18)15-10-21(7)20(25)22(8)19(15)24/h10,12-14,16-18,23H,9,11H2,1-8H3/t16-,17-,18-/m1/s1. The van der Waals surface area contributed by atoms with Crippen LogP contribution < -0.4 is 11.2 Å². The molecule has 0 unspecified atom stereocenters. The summed E-state index contributed by atoms with van der Waals surface area (Å²) >= 11 is 0. The molecule has 1 saturated heterocycles. The van der Waals surface area contributed by atoms with Crippen LogP contribution in [0.4, 0.5) is 0 Å². The number of aliphatic hydroxyl groups is 1. The van der Waals surface area contributed by atoms with Gasteiger partial charge in [0.25, 0.3) is 5.56 Å². The molecule has 2 heterocycles. The van der Waals surface area contributed by atoms with Crippen LogP contribution in [-0.2, 0) is 23.3 Å². The number of hydrogen-bond acceptors (Lipinski definition) is 5. The Balaban J connectivity index is 2.21. The SMILES string of the molecule is CC(C)[Si](OC[C@H]1O[C@@H](c2cn(C)c(=O)n(C)c2=O)C[C@H]1O)(C(C)C)C(C)C. The van der Waals surface area contributed by atoms with Gasteiger partial charge in [0, 0.05) is 26.7 Å². The minimum Gasteiger partial charge on any atom is -0.413 e. The summed E-state index contributed by atoms with van der Waals surface area (Å²) in [6, 6.07) is 0. The van der Waals surface area contributed by atoms with Gasteiger partial charge in [-0.25, -0.2) is 4.79 Å². The second kappa shape index (κ2) is 8.65. The number of aryl methyl sites for hydroxylation is 1. The van der Waals surface area contributed by atoms with E-state index in [1.54, 1.807) is 7.05 Å². The lowest BCUT2D eigenvalue weighted by Crippen LogP contribution is -2.49. The van der Waals surface area contributed by atoms with Crippen molar-refractivity contribution in [2.45, 2.75) is 82.9 Å². The normalized spacial score (nSPS) is 23.4. The van der Waals surface area contributed by atoms with Crippen molar-refractivity contribution in [3.8, 4) is 0 Å². The van der Waals surface area contributed by atoms with Crippen molar-refractivity contribution in [3.05, 3.63) is 32.6 Å². The van der Waals surface area contributed by atoms with Crippen LogP contribution in [0.25, 0.3) is 0 Å². The predicted molar refractivity (Wildman–Crippen MR) is 112 cm³/mol. The second-order valence-corrected chi connectivity index (χ2v) is 14.4. The van der Waals surface area contributed by atoms with E-state index < -0.39 is 26.6 Å². The van der Waals surface area contributed by atoms with Crippen LogP contribution >= 0.6 is 0 Å². The zero-order valence-corrected chi connectivity index (χ0v) is 19.4. The molecule has 1 aromatic heterocycles. The molecule has 160 valence electrons. The summed E-state index contributed by atoms with van der Waals surface area (Å²) in [5.41, 5.74) is 0.963. The lowest BCUT2D eigenvalue weighted by molar-refractivity contribution is -0.0208. The first-order valence-corrected chi connectivity index (χ1v) is 12.3. The second-order valence-electron chi connectivity index (χ2n) is 8.94.